The minimum Gasteiger partial charge on any atom is -0.352 e. The van der Waals surface area contributed by atoms with Crippen molar-refractivity contribution in [3.05, 3.63) is 101 Å². The molecule has 0 heterocycles. The number of para-hydroxylation sites is 1. The number of hydrogen-bond donors (Lipinski definition) is 1. The Hall–Kier alpha value is -3.43. The first-order chi connectivity index (χ1) is 18.5. The van der Waals surface area contributed by atoms with Crippen LogP contribution in [-0.2, 0) is 32.6 Å². The van der Waals surface area contributed by atoms with Crippen molar-refractivity contribution >= 4 is 39.1 Å². The Morgan fingerprint density at radius 2 is 1.59 bits per heavy atom. The normalized spacial score (nSPS) is 12.8. The Morgan fingerprint density at radius 1 is 0.974 bits per heavy atom. The third-order valence-corrected chi connectivity index (χ3v) is 7.82. The minimum atomic E-state index is -3.95. The summed E-state index contributed by atoms with van der Waals surface area (Å²) < 4.78 is 41.3. The smallest absolute Gasteiger partial charge is 0.244 e. The minimum absolute atomic E-state index is 0.129. The summed E-state index contributed by atoms with van der Waals surface area (Å²) in [6.45, 7) is 2.91. The fourth-order valence-electron chi connectivity index (χ4n) is 4.05. The van der Waals surface area contributed by atoms with Crippen LogP contribution in [0.2, 0.25) is 5.02 Å². The van der Waals surface area contributed by atoms with Gasteiger partial charge in [0.1, 0.15) is 18.4 Å². The molecule has 2 atom stereocenters. The second-order valence-electron chi connectivity index (χ2n) is 9.36. The highest BCUT2D eigenvalue weighted by Gasteiger charge is 2.34. The summed E-state index contributed by atoms with van der Waals surface area (Å²) in [7, 11) is -3.95. The number of carbonyl (C=O) groups excluding carboxylic acids is 2. The molecule has 3 rings (SSSR count). The van der Waals surface area contributed by atoms with E-state index < -0.39 is 40.2 Å². The first-order valence-electron chi connectivity index (χ1n) is 12.6. The van der Waals surface area contributed by atoms with Crippen LogP contribution in [0.3, 0.4) is 0 Å². The van der Waals surface area contributed by atoms with Gasteiger partial charge in [-0.15, -0.1) is 0 Å². The van der Waals surface area contributed by atoms with Crippen molar-refractivity contribution in [2.45, 2.75) is 45.3 Å². The number of nitrogens with one attached hydrogen (secondary N) is 1. The molecule has 0 aliphatic heterocycles. The van der Waals surface area contributed by atoms with Gasteiger partial charge in [-0.3, -0.25) is 13.9 Å². The number of hydrogen-bond acceptors (Lipinski definition) is 4. The van der Waals surface area contributed by atoms with Crippen molar-refractivity contribution in [2.24, 2.45) is 0 Å². The van der Waals surface area contributed by atoms with E-state index >= 15 is 0 Å². The number of anilines is 1. The van der Waals surface area contributed by atoms with Gasteiger partial charge in [-0.1, -0.05) is 79.2 Å². The van der Waals surface area contributed by atoms with Crippen LogP contribution in [0.25, 0.3) is 0 Å². The molecule has 10 heteroatoms. The molecule has 0 saturated carbocycles. The molecule has 1 N–H and O–H groups in total. The van der Waals surface area contributed by atoms with Gasteiger partial charge >= 0.3 is 0 Å². The highest BCUT2D eigenvalue weighted by molar-refractivity contribution is 7.92. The summed E-state index contributed by atoms with van der Waals surface area (Å²) in [6.07, 6.45) is 1.79. The lowest BCUT2D eigenvalue weighted by atomic mass is 10.0. The fraction of sp³-hybridized carbons (Fsp3) is 0.310. The average Bonchev–Trinajstić information content (AvgIpc) is 2.90. The zero-order chi connectivity index (χ0) is 28.6. The number of halogens is 2. The summed E-state index contributed by atoms with van der Waals surface area (Å²) in [5, 5.41) is 3.08. The van der Waals surface area contributed by atoms with Crippen LogP contribution in [-0.4, -0.2) is 50.0 Å². The zero-order valence-corrected chi connectivity index (χ0v) is 23.8. The topological polar surface area (TPSA) is 86.8 Å². The van der Waals surface area contributed by atoms with Crippen LogP contribution in [0.15, 0.2) is 78.9 Å². The van der Waals surface area contributed by atoms with Crippen molar-refractivity contribution in [2.75, 3.05) is 17.1 Å². The van der Waals surface area contributed by atoms with E-state index in [1.165, 1.54) is 35.2 Å². The summed E-state index contributed by atoms with van der Waals surface area (Å²) in [5.74, 6) is -1.63. The lowest BCUT2D eigenvalue weighted by Crippen LogP contribution is -2.54. The van der Waals surface area contributed by atoms with Crippen LogP contribution in [0, 0.1) is 5.82 Å². The van der Waals surface area contributed by atoms with E-state index in [0.717, 1.165) is 16.1 Å². The van der Waals surface area contributed by atoms with Crippen molar-refractivity contribution in [3.8, 4) is 0 Å². The Labute approximate surface area is 234 Å². The van der Waals surface area contributed by atoms with E-state index in [-0.39, 0.29) is 35.3 Å². The molecule has 0 aliphatic carbocycles. The lowest BCUT2D eigenvalue weighted by Gasteiger charge is -2.34. The molecular formula is C29H33ClFN3O4S. The van der Waals surface area contributed by atoms with Gasteiger partial charge < -0.3 is 10.2 Å². The van der Waals surface area contributed by atoms with Crippen molar-refractivity contribution in [1.82, 2.24) is 10.2 Å². The molecule has 0 spiro atoms. The average molecular weight is 574 g/mol. The third kappa shape index (κ3) is 8.28. The standard InChI is InChI=1S/C29H33ClFN3O4S/c1-4-21(2)32-29(36)27(18-22-12-6-5-7-13-22)33(19-23-14-8-10-16-25(23)31)28(35)20-34(39(3,37)38)26-17-11-9-15-24(26)30/h5-17,21,27H,4,18-20H2,1-3H3,(H,32,36)/t21-,27-/m0/s1. The maximum atomic E-state index is 14.8. The van der Waals surface area contributed by atoms with Gasteiger partial charge in [0.15, 0.2) is 0 Å². The SMILES string of the molecule is CC[C@H](C)NC(=O)[C@H](Cc1ccccc1)N(Cc1ccccc1F)C(=O)CN(c1ccccc1Cl)S(C)(=O)=O. The van der Waals surface area contributed by atoms with Gasteiger partial charge in [0, 0.05) is 24.6 Å². The number of carbonyl (C=O) groups is 2. The maximum Gasteiger partial charge on any atom is 0.244 e. The Balaban J connectivity index is 2.08. The molecule has 39 heavy (non-hydrogen) atoms. The molecular weight excluding hydrogens is 541 g/mol. The molecule has 0 fully saturated rings. The molecule has 0 aliphatic rings. The molecule has 208 valence electrons. The summed E-state index contributed by atoms with van der Waals surface area (Å²) >= 11 is 6.29. The monoisotopic (exact) mass is 573 g/mol. The molecule has 7 nitrogen and oxygen atoms in total. The largest absolute Gasteiger partial charge is 0.352 e. The molecule has 0 bridgehead atoms. The van der Waals surface area contributed by atoms with Gasteiger partial charge in [0.2, 0.25) is 21.8 Å². The number of nitrogens with zero attached hydrogens (tertiary/aromatic N) is 2. The van der Waals surface area contributed by atoms with Crippen LogP contribution in [0.1, 0.15) is 31.4 Å². The zero-order valence-electron chi connectivity index (χ0n) is 22.2. The second kappa shape index (κ2) is 13.6. The highest BCUT2D eigenvalue weighted by atomic mass is 35.5. The molecule has 3 aromatic rings. The Kier molecular flexibility index (Phi) is 10.5. The molecule has 0 saturated heterocycles. The van der Waals surface area contributed by atoms with E-state index in [2.05, 4.69) is 5.32 Å². The van der Waals surface area contributed by atoms with E-state index in [9.17, 15) is 22.4 Å². The van der Waals surface area contributed by atoms with E-state index in [0.29, 0.717) is 6.42 Å². The summed E-state index contributed by atoms with van der Waals surface area (Å²) in [5.41, 5.74) is 1.12. The number of sulfonamides is 1. The second-order valence-corrected chi connectivity index (χ2v) is 11.7. The Bertz CT molecular complexity index is 1390. The van der Waals surface area contributed by atoms with Gasteiger partial charge in [-0.05, 0) is 37.1 Å². The summed E-state index contributed by atoms with van der Waals surface area (Å²) in [4.78, 5) is 28.8. The number of benzene rings is 3. The fourth-order valence-corrected chi connectivity index (χ4v) is 5.20. The van der Waals surface area contributed by atoms with Gasteiger partial charge in [0.05, 0.1) is 17.0 Å². The number of amides is 2. The molecule has 3 aromatic carbocycles. The van der Waals surface area contributed by atoms with Gasteiger partial charge in [0.25, 0.3) is 0 Å². The highest BCUT2D eigenvalue weighted by Crippen LogP contribution is 2.28. The van der Waals surface area contributed by atoms with Crippen LogP contribution < -0.4 is 9.62 Å². The lowest BCUT2D eigenvalue weighted by molar-refractivity contribution is -0.140. The van der Waals surface area contributed by atoms with Crippen molar-refractivity contribution < 1.29 is 22.4 Å². The van der Waals surface area contributed by atoms with Gasteiger partial charge in [-0.2, -0.15) is 0 Å². The van der Waals surface area contributed by atoms with Crippen LogP contribution >= 0.6 is 11.6 Å². The molecule has 0 unspecified atom stereocenters. The predicted octanol–water partition coefficient (Wildman–Crippen LogP) is 4.80. The quantitative estimate of drug-likeness (QED) is 0.337. The summed E-state index contributed by atoms with van der Waals surface area (Å²) in [6, 6.07) is 20.2. The first-order valence-corrected chi connectivity index (χ1v) is 14.8. The van der Waals surface area contributed by atoms with Crippen molar-refractivity contribution in [1.29, 1.82) is 0 Å². The van der Waals surface area contributed by atoms with Crippen LogP contribution in [0.4, 0.5) is 10.1 Å². The Morgan fingerprint density at radius 3 is 2.21 bits per heavy atom. The van der Waals surface area contributed by atoms with Gasteiger partial charge in [-0.25, -0.2) is 12.8 Å². The predicted molar refractivity (Wildman–Crippen MR) is 152 cm³/mol. The first kappa shape index (κ1) is 30.1. The third-order valence-electron chi connectivity index (χ3n) is 6.37. The van der Waals surface area contributed by atoms with Crippen LogP contribution in [0.5, 0.6) is 0 Å². The van der Waals surface area contributed by atoms with E-state index in [1.54, 1.807) is 18.2 Å². The maximum absolute atomic E-state index is 14.8. The molecule has 0 aromatic heterocycles. The number of rotatable bonds is 12. The molecule has 0 radical (unpaired) electrons. The van der Waals surface area contributed by atoms with E-state index in [4.69, 9.17) is 11.6 Å². The van der Waals surface area contributed by atoms with Crippen molar-refractivity contribution in [3.63, 3.8) is 0 Å². The molecule has 2 amide bonds. The van der Waals surface area contributed by atoms with E-state index in [1.807, 2.05) is 44.2 Å².